The minimum Gasteiger partial charge on any atom is -0.442 e. The molecule has 0 aliphatic carbocycles. The number of nitrogens with one attached hydrogen (secondary N) is 1. The van der Waals surface area contributed by atoms with Crippen LogP contribution in [0.4, 0.5) is 0 Å². The molecule has 0 amide bonds. The molecule has 0 aliphatic rings. The van der Waals surface area contributed by atoms with Crippen LogP contribution in [-0.4, -0.2) is 16.3 Å². The molecule has 0 unspecified atom stereocenters. The lowest BCUT2D eigenvalue weighted by Crippen LogP contribution is -1.77. The summed E-state index contributed by atoms with van der Waals surface area (Å²) in [5, 5.41) is 0. The van der Waals surface area contributed by atoms with Crippen molar-refractivity contribution in [2.75, 3.05) is 0 Å². The van der Waals surface area contributed by atoms with Crippen LogP contribution in [0.1, 0.15) is 10.5 Å². The van der Waals surface area contributed by atoms with E-state index in [1.165, 1.54) is 6.39 Å². The smallest absolute Gasteiger partial charge is 0.181 e. The summed E-state index contributed by atoms with van der Waals surface area (Å²) in [5.74, 6) is 0.628. The lowest BCUT2D eigenvalue weighted by molar-refractivity contribution is 0.111. The lowest BCUT2D eigenvalue weighted by atomic mass is 10.4. The minimum atomic E-state index is 0.529. The highest BCUT2D eigenvalue weighted by atomic mass is 16.3. The third-order valence-electron chi connectivity index (χ3n) is 1.53. The standard InChI is InChI=1S/C8H6N2O2/c11-4-6-1-2-7(10-6)8-3-9-5-12-8/h1-5,10H. The van der Waals surface area contributed by atoms with E-state index in [9.17, 15) is 4.79 Å². The van der Waals surface area contributed by atoms with Crippen LogP contribution in [0.3, 0.4) is 0 Å². The van der Waals surface area contributed by atoms with Crippen LogP contribution in [0.5, 0.6) is 0 Å². The Balaban J connectivity index is 2.41. The molecule has 0 spiro atoms. The van der Waals surface area contributed by atoms with Crippen molar-refractivity contribution in [1.82, 2.24) is 9.97 Å². The first kappa shape index (κ1) is 6.84. The largest absolute Gasteiger partial charge is 0.442 e. The van der Waals surface area contributed by atoms with Gasteiger partial charge in [0.2, 0.25) is 0 Å². The van der Waals surface area contributed by atoms with Gasteiger partial charge in [-0.1, -0.05) is 0 Å². The van der Waals surface area contributed by atoms with Crippen LogP contribution < -0.4 is 0 Å². The molecule has 2 heterocycles. The lowest BCUT2D eigenvalue weighted by Gasteiger charge is -1.86. The van der Waals surface area contributed by atoms with Crippen molar-refractivity contribution in [1.29, 1.82) is 0 Å². The van der Waals surface area contributed by atoms with Crippen molar-refractivity contribution in [3.63, 3.8) is 0 Å². The number of hydrogen-bond acceptors (Lipinski definition) is 3. The van der Waals surface area contributed by atoms with Crippen molar-refractivity contribution < 1.29 is 9.21 Å². The molecule has 0 fully saturated rings. The monoisotopic (exact) mass is 162 g/mol. The highest BCUT2D eigenvalue weighted by molar-refractivity contribution is 5.74. The molecule has 12 heavy (non-hydrogen) atoms. The maximum absolute atomic E-state index is 10.3. The molecule has 4 nitrogen and oxygen atoms in total. The van der Waals surface area contributed by atoms with Gasteiger partial charge in [-0.2, -0.15) is 0 Å². The van der Waals surface area contributed by atoms with Crippen LogP contribution in [-0.2, 0) is 0 Å². The van der Waals surface area contributed by atoms with Crippen molar-refractivity contribution in [3.05, 3.63) is 30.4 Å². The van der Waals surface area contributed by atoms with Crippen LogP contribution in [0, 0.1) is 0 Å². The van der Waals surface area contributed by atoms with E-state index in [0.717, 1.165) is 12.0 Å². The van der Waals surface area contributed by atoms with Gasteiger partial charge in [0.05, 0.1) is 17.6 Å². The van der Waals surface area contributed by atoms with E-state index in [0.29, 0.717) is 11.5 Å². The van der Waals surface area contributed by atoms with Crippen molar-refractivity contribution in [2.24, 2.45) is 0 Å². The SMILES string of the molecule is O=Cc1ccc(-c2cnco2)[nH]1. The molecule has 4 heteroatoms. The molecular weight excluding hydrogens is 156 g/mol. The van der Waals surface area contributed by atoms with E-state index in [1.54, 1.807) is 18.3 Å². The summed E-state index contributed by atoms with van der Waals surface area (Å²) < 4.78 is 5.02. The maximum Gasteiger partial charge on any atom is 0.181 e. The quantitative estimate of drug-likeness (QED) is 0.680. The maximum atomic E-state index is 10.3. The van der Waals surface area contributed by atoms with Crippen LogP contribution in [0.25, 0.3) is 11.5 Å². The van der Waals surface area contributed by atoms with Crippen LogP contribution >= 0.6 is 0 Å². The normalized spacial score (nSPS) is 10.0. The Hall–Kier alpha value is -1.84. The van der Waals surface area contributed by atoms with E-state index in [2.05, 4.69) is 9.97 Å². The first-order valence-corrected chi connectivity index (χ1v) is 3.43. The third-order valence-corrected chi connectivity index (χ3v) is 1.53. The summed E-state index contributed by atoms with van der Waals surface area (Å²) in [7, 11) is 0. The van der Waals surface area contributed by atoms with Gasteiger partial charge in [0.25, 0.3) is 0 Å². The van der Waals surface area contributed by atoms with Crippen LogP contribution in [0.15, 0.2) is 29.1 Å². The minimum absolute atomic E-state index is 0.529. The second kappa shape index (κ2) is 2.65. The van der Waals surface area contributed by atoms with Gasteiger partial charge < -0.3 is 9.40 Å². The molecule has 0 aromatic carbocycles. The summed E-state index contributed by atoms with van der Waals surface area (Å²) in [6.45, 7) is 0. The molecule has 0 atom stereocenters. The Kier molecular flexibility index (Phi) is 1.51. The number of carbonyl (C=O) groups excluding carboxylic acids is 1. The van der Waals surface area contributed by atoms with Crippen molar-refractivity contribution in [2.45, 2.75) is 0 Å². The highest BCUT2D eigenvalue weighted by Crippen LogP contribution is 2.16. The number of aromatic amines is 1. The Bertz CT molecular complexity index is 375. The predicted octanol–water partition coefficient (Wildman–Crippen LogP) is 1.48. The summed E-state index contributed by atoms with van der Waals surface area (Å²) in [4.78, 5) is 16.9. The second-order valence-corrected chi connectivity index (χ2v) is 2.31. The van der Waals surface area contributed by atoms with Gasteiger partial charge in [0.15, 0.2) is 18.4 Å². The van der Waals surface area contributed by atoms with E-state index < -0.39 is 0 Å². The molecular formula is C8H6N2O2. The van der Waals surface area contributed by atoms with Gasteiger partial charge >= 0.3 is 0 Å². The van der Waals surface area contributed by atoms with E-state index >= 15 is 0 Å². The zero-order chi connectivity index (χ0) is 8.39. The van der Waals surface area contributed by atoms with Gasteiger partial charge in [0, 0.05) is 0 Å². The Morgan fingerprint density at radius 3 is 3.00 bits per heavy atom. The third kappa shape index (κ3) is 1.03. The molecule has 2 rings (SSSR count). The number of carbonyl (C=O) groups is 1. The molecule has 0 saturated carbocycles. The zero-order valence-electron chi connectivity index (χ0n) is 6.15. The number of aromatic nitrogens is 2. The fourth-order valence-corrected chi connectivity index (χ4v) is 0.973. The average Bonchev–Trinajstić information content (AvgIpc) is 2.75. The van der Waals surface area contributed by atoms with Crippen molar-refractivity contribution in [3.8, 4) is 11.5 Å². The number of aldehydes is 1. The van der Waals surface area contributed by atoms with Gasteiger partial charge in [0.1, 0.15) is 0 Å². The number of oxazole rings is 1. The fourth-order valence-electron chi connectivity index (χ4n) is 0.973. The van der Waals surface area contributed by atoms with Gasteiger partial charge in [-0.15, -0.1) is 0 Å². The van der Waals surface area contributed by atoms with Crippen molar-refractivity contribution >= 4 is 6.29 Å². The topological polar surface area (TPSA) is 58.9 Å². The summed E-state index contributed by atoms with van der Waals surface area (Å²) in [6.07, 6.45) is 3.68. The molecule has 0 bridgehead atoms. The predicted molar refractivity (Wildman–Crippen MR) is 41.7 cm³/mol. The molecule has 0 aliphatic heterocycles. The van der Waals surface area contributed by atoms with Crippen LogP contribution in [0.2, 0.25) is 0 Å². The molecule has 2 aromatic rings. The second-order valence-electron chi connectivity index (χ2n) is 2.31. The van der Waals surface area contributed by atoms with E-state index in [4.69, 9.17) is 4.42 Å². The molecule has 1 N–H and O–H groups in total. The number of H-pyrrole nitrogens is 1. The molecule has 2 aromatic heterocycles. The van der Waals surface area contributed by atoms with E-state index in [-0.39, 0.29) is 0 Å². The van der Waals surface area contributed by atoms with Gasteiger partial charge in [-0.05, 0) is 12.1 Å². The van der Waals surface area contributed by atoms with E-state index in [1.807, 2.05) is 0 Å². The summed E-state index contributed by atoms with van der Waals surface area (Å²) in [5.41, 5.74) is 1.29. The highest BCUT2D eigenvalue weighted by Gasteiger charge is 2.02. The van der Waals surface area contributed by atoms with Gasteiger partial charge in [-0.3, -0.25) is 4.79 Å². The molecule has 0 saturated heterocycles. The fraction of sp³-hybridized carbons (Fsp3) is 0. The summed E-state index contributed by atoms with van der Waals surface area (Å²) >= 11 is 0. The average molecular weight is 162 g/mol. The Morgan fingerprint density at radius 1 is 1.50 bits per heavy atom. The zero-order valence-corrected chi connectivity index (χ0v) is 6.15. The number of rotatable bonds is 2. The first-order valence-electron chi connectivity index (χ1n) is 3.43. The summed E-state index contributed by atoms with van der Waals surface area (Å²) in [6, 6.07) is 3.45. The first-order chi connectivity index (χ1) is 5.90. The molecule has 0 radical (unpaired) electrons. The number of nitrogens with zero attached hydrogens (tertiary/aromatic N) is 1. The Morgan fingerprint density at radius 2 is 2.42 bits per heavy atom. The Labute approximate surface area is 68.2 Å². The number of hydrogen-bond donors (Lipinski definition) is 1. The molecule has 60 valence electrons. The van der Waals surface area contributed by atoms with Gasteiger partial charge in [-0.25, -0.2) is 4.98 Å².